The van der Waals surface area contributed by atoms with Gasteiger partial charge in [0.25, 0.3) is 11.8 Å². The molecule has 1 aliphatic heterocycles. The Balaban J connectivity index is 2.10. The van der Waals surface area contributed by atoms with E-state index in [2.05, 4.69) is 16.5 Å². The molecule has 2 N–H and O–H groups in total. The summed E-state index contributed by atoms with van der Waals surface area (Å²) in [5, 5.41) is 5.65. The van der Waals surface area contributed by atoms with E-state index in [9.17, 15) is 9.59 Å². The fourth-order valence-electron chi connectivity index (χ4n) is 2.42. The van der Waals surface area contributed by atoms with E-state index in [4.69, 9.17) is 0 Å². The molecular formula is C17H16N2O2S. The highest BCUT2D eigenvalue weighted by Gasteiger charge is 2.21. The molecule has 1 aliphatic rings. The third-order valence-electron chi connectivity index (χ3n) is 3.49. The Hall–Kier alpha value is -2.40. The molecule has 0 fully saturated rings. The number of hydrogen-bond acceptors (Lipinski definition) is 2. The van der Waals surface area contributed by atoms with Crippen LogP contribution in [-0.4, -0.2) is 24.2 Å². The Morgan fingerprint density at radius 3 is 2.77 bits per heavy atom. The Morgan fingerprint density at radius 2 is 2.00 bits per heavy atom. The minimum Gasteiger partial charge on any atom is -0.352 e. The molecule has 1 unspecified atom stereocenters. The molecule has 2 aromatic carbocycles. The predicted molar refractivity (Wildman–Crippen MR) is 90.1 cm³/mol. The Bertz CT molecular complexity index is 799. The monoisotopic (exact) mass is 312 g/mol. The number of anilines is 1. The largest absolute Gasteiger partial charge is 0.352 e. The average molecular weight is 312 g/mol. The maximum Gasteiger partial charge on any atom is 0.256 e. The maximum absolute atomic E-state index is 12.4. The predicted octanol–water partition coefficient (Wildman–Crippen LogP) is 3.12. The second kappa shape index (κ2) is 5.77. The van der Waals surface area contributed by atoms with Crippen LogP contribution >= 0.6 is 10.5 Å². The number of rotatable bonds is 2. The lowest BCUT2D eigenvalue weighted by molar-refractivity contribution is 0.0954. The molecule has 3 rings (SSSR count). The molecular weight excluding hydrogens is 296 g/mol. The number of nitrogens with one attached hydrogen (secondary N) is 2. The first-order valence-corrected chi connectivity index (χ1v) is 8.38. The highest BCUT2D eigenvalue weighted by atomic mass is 32.2. The van der Waals surface area contributed by atoms with Crippen LogP contribution in [0.4, 0.5) is 5.69 Å². The van der Waals surface area contributed by atoms with Gasteiger partial charge in [0.1, 0.15) is 0 Å². The summed E-state index contributed by atoms with van der Waals surface area (Å²) in [6.45, 7) is 2.43. The van der Waals surface area contributed by atoms with Gasteiger partial charge in [-0.05, 0) is 37.3 Å². The van der Waals surface area contributed by atoms with Gasteiger partial charge in [0.15, 0.2) is 0 Å². The van der Waals surface area contributed by atoms with Gasteiger partial charge in [-0.15, -0.1) is 10.5 Å². The van der Waals surface area contributed by atoms with E-state index in [0.29, 0.717) is 23.4 Å². The first kappa shape index (κ1) is 14.5. The second-order valence-electron chi connectivity index (χ2n) is 4.91. The Morgan fingerprint density at radius 1 is 1.23 bits per heavy atom. The summed E-state index contributed by atoms with van der Waals surface area (Å²) in [5.41, 5.74) is 1.82. The zero-order valence-electron chi connectivity index (χ0n) is 12.2. The fourth-order valence-corrected chi connectivity index (χ4v) is 3.94. The van der Waals surface area contributed by atoms with Gasteiger partial charge in [-0.25, -0.2) is 0 Å². The Labute approximate surface area is 131 Å². The van der Waals surface area contributed by atoms with Crippen LogP contribution in [0.5, 0.6) is 0 Å². The molecule has 0 saturated heterocycles. The van der Waals surface area contributed by atoms with Gasteiger partial charge in [-0.2, -0.15) is 0 Å². The van der Waals surface area contributed by atoms with Gasteiger partial charge < -0.3 is 10.6 Å². The molecule has 2 amide bonds. The van der Waals surface area contributed by atoms with E-state index in [1.165, 1.54) is 0 Å². The van der Waals surface area contributed by atoms with Gasteiger partial charge in [-0.3, -0.25) is 9.59 Å². The molecule has 0 bridgehead atoms. The van der Waals surface area contributed by atoms with Gasteiger partial charge in [0.2, 0.25) is 0 Å². The summed E-state index contributed by atoms with van der Waals surface area (Å²) in [6, 6.07) is 12.8. The molecule has 5 heteroatoms. The fraction of sp³-hybridized carbons (Fsp3) is 0.118. The topological polar surface area (TPSA) is 58.2 Å². The van der Waals surface area contributed by atoms with Crippen LogP contribution in [0.1, 0.15) is 27.6 Å². The van der Waals surface area contributed by atoms with Crippen molar-refractivity contribution >= 4 is 33.9 Å². The van der Waals surface area contributed by atoms with E-state index < -0.39 is 10.5 Å². The van der Waals surface area contributed by atoms with Gasteiger partial charge in [0.05, 0.1) is 11.3 Å². The lowest BCUT2D eigenvalue weighted by Crippen LogP contribution is -2.22. The first-order valence-electron chi connectivity index (χ1n) is 6.98. The lowest BCUT2D eigenvalue weighted by atomic mass is 10.1. The van der Waals surface area contributed by atoms with E-state index in [1.807, 2.05) is 31.2 Å². The summed E-state index contributed by atoms with van der Waals surface area (Å²) >= 11 is 0. The minimum absolute atomic E-state index is 0.148. The van der Waals surface area contributed by atoms with Crippen molar-refractivity contribution in [1.29, 1.82) is 0 Å². The highest BCUT2D eigenvalue weighted by molar-refractivity contribution is 8.14. The van der Waals surface area contributed by atoms with Crippen molar-refractivity contribution in [2.24, 2.45) is 0 Å². The summed E-state index contributed by atoms with van der Waals surface area (Å²) < 4.78 is 0. The molecule has 22 heavy (non-hydrogen) atoms. The van der Waals surface area contributed by atoms with Gasteiger partial charge in [0, 0.05) is 21.9 Å². The van der Waals surface area contributed by atoms with E-state index in [-0.39, 0.29) is 11.8 Å². The lowest BCUT2D eigenvalue weighted by Gasteiger charge is -2.11. The van der Waals surface area contributed by atoms with Crippen LogP contribution in [0.3, 0.4) is 0 Å². The van der Waals surface area contributed by atoms with Crippen LogP contribution in [-0.2, 0) is 0 Å². The van der Waals surface area contributed by atoms with Gasteiger partial charge in [-0.1, -0.05) is 18.0 Å². The number of benzene rings is 2. The number of carbonyl (C=O) groups is 2. The highest BCUT2D eigenvalue weighted by Crippen LogP contribution is 2.43. The minimum atomic E-state index is -0.468. The van der Waals surface area contributed by atoms with Crippen molar-refractivity contribution in [3.63, 3.8) is 0 Å². The van der Waals surface area contributed by atoms with Crippen LogP contribution in [0.2, 0.25) is 0 Å². The Kier molecular flexibility index (Phi) is 3.81. The number of amides is 2. The van der Waals surface area contributed by atoms with E-state index >= 15 is 0 Å². The zero-order valence-corrected chi connectivity index (χ0v) is 13.0. The molecule has 0 radical (unpaired) electrons. The molecule has 0 aliphatic carbocycles. The third-order valence-corrected chi connectivity index (χ3v) is 5.26. The molecule has 0 saturated carbocycles. The van der Waals surface area contributed by atoms with Crippen molar-refractivity contribution in [3.8, 4) is 0 Å². The van der Waals surface area contributed by atoms with Crippen molar-refractivity contribution in [1.82, 2.24) is 5.32 Å². The maximum atomic E-state index is 12.4. The van der Waals surface area contributed by atoms with Crippen molar-refractivity contribution < 1.29 is 9.59 Å². The summed E-state index contributed by atoms with van der Waals surface area (Å²) in [6.07, 6.45) is 0. The second-order valence-corrected chi connectivity index (χ2v) is 6.57. The average Bonchev–Trinajstić information content (AvgIpc) is 2.63. The number of carbonyl (C=O) groups excluding carboxylic acids is 2. The number of fused-ring (bicyclic) bond motifs is 2. The van der Waals surface area contributed by atoms with Crippen molar-refractivity contribution in [2.45, 2.75) is 16.7 Å². The molecule has 4 nitrogen and oxygen atoms in total. The first-order chi connectivity index (χ1) is 10.6. The van der Waals surface area contributed by atoms with Crippen LogP contribution in [0.15, 0.2) is 52.3 Å². The normalized spacial score (nSPS) is 16.0. The SMILES string of the molecule is C=S1c2ccc(C(=O)NCC)cc2NC(=O)c2ccccc21. The molecule has 2 aromatic rings. The van der Waals surface area contributed by atoms with Crippen LogP contribution in [0.25, 0.3) is 0 Å². The summed E-state index contributed by atoms with van der Waals surface area (Å²) in [5.74, 6) is 3.91. The molecule has 0 aromatic heterocycles. The van der Waals surface area contributed by atoms with Crippen LogP contribution < -0.4 is 10.6 Å². The van der Waals surface area contributed by atoms with Crippen molar-refractivity contribution in [3.05, 3.63) is 53.6 Å². The zero-order chi connectivity index (χ0) is 15.7. The molecule has 0 spiro atoms. The van der Waals surface area contributed by atoms with Crippen LogP contribution in [0, 0.1) is 0 Å². The summed E-state index contributed by atoms with van der Waals surface area (Å²) in [7, 11) is -0.468. The molecule has 1 heterocycles. The molecule has 112 valence electrons. The third kappa shape index (κ3) is 2.44. The number of hydrogen-bond donors (Lipinski definition) is 2. The standard InChI is InChI=1S/C17H16N2O2S/c1-3-18-16(20)11-8-9-15-13(10-11)19-17(21)12-6-4-5-7-14(12)22(15)2/h4-10H,2-3H2,1H3,(H,18,20)(H,19,21). The summed E-state index contributed by atoms with van der Waals surface area (Å²) in [4.78, 5) is 26.2. The smallest absolute Gasteiger partial charge is 0.256 e. The van der Waals surface area contributed by atoms with Crippen molar-refractivity contribution in [2.75, 3.05) is 11.9 Å². The molecule has 1 atom stereocenters. The van der Waals surface area contributed by atoms with E-state index in [0.717, 1.165) is 9.79 Å². The quantitative estimate of drug-likeness (QED) is 0.837. The van der Waals surface area contributed by atoms with E-state index in [1.54, 1.807) is 18.2 Å². The van der Waals surface area contributed by atoms with Gasteiger partial charge >= 0.3 is 0 Å².